The number of benzene rings is 1. The Morgan fingerprint density at radius 2 is 1.97 bits per heavy atom. The Bertz CT molecular complexity index is 971. The van der Waals surface area contributed by atoms with Gasteiger partial charge in [0.05, 0.1) is 12.7 Å². The molecule has 1 unspecified atom stereocenters. The Morgan fingerprint density at radius 1 is 1.29 bits per heavy atom. The van der Waals surface area contributed by atoms with Crippen LogP contribution in [0.2, 0.25) is 18.1 Å². The van der Waals surface area contributed by atoms with Crippen molar-refractivity contribution in [2.75, 3.05) is 11.9 Å². The van der Waals surface area contributed by atoms with Crippen LogP contribution in [0, 0.1) is 0 Å². The molecule has 1 fully saturated rings. The van der Waals surface area contributed by atoms with E-state index < -0.39 is 32.4 Å². The minimum Gasteiger partial charge on any atom is -0.414 e. The molecular weight excluding hydrogens is 414 g/mol. The molecule has 0 bridgehead atoms. The molecule has 3 atom stereocenters. The summed E-state index contributed by atoms with van der Waals surface area (Å²) in [5.74, 6) is -0.188. The summed E-state index contributed by atoms with van der Waals surface area (Å²) < 4.78 is 13.4. The van der Waals surface area contributed by atoms with E-state index in [9.17, 15) is 14.7 Å². The van der Waals surface area contributed by atoms with Crippen molar-refractivity contribution in [2.24, 2.45) is 0 Å². The number of aromatic nitrogens is 2. The number of rotatable bonds is 6. The molecule has 1 aromatic carbocycles. The number of nitrogens with zero attached hydrogens (tertiary/aromatic N) is 2. The van der Waals surface area contributed by atoms with Crippen molar-refractivity contribution in [3.05, 3.63) is 58.6 Å². The Hall–Kier alpha value is -2.33. The molecule has 1 saturated heterocycles. The fourth-order valence-electron chi connectivity index (χ4n) is 3.02. The molecule has 1 aromatic heterocycles. The first kappa shape index (κ1) is 23.3. The summed E-state index contributed by atoms with van der Waals surface area (Å²) in [5, 5.41) is 13.1. The van der Waals surface area contributed by atoms with Crippen LogP contribution in [-0.4, -0.2) is 47.7 Å². The second kappa shape index (κ2) is 9.03. The maximum Gasteiger partial charge on any atom is 0.351 e. The van der Waals surface area contributed by atoms with Crippen LogP contribution in [0.4, 0.5) is 5.82 Å². The monoisotopic (exact) mass is 445 g/mol. The zero-order valence-corrected chi connectivity index (χ0v) is 19.7. The van der Waals surface area contributed by atoms with Gasteiger partial charge in [-0.1, -0.05) is 39.0 Å². The zero-order chi connectivity index (χ0) is 22.8. The van der Waals surface area contributed by atoms with Crippen molar-refractivity contribution in [1.82, 2.24) is 9.55 Å². The van der Waals surface area contributed by atoms with Gasteiger partial charge in [-0.3, -0.25) is 9.36 Å². The third kappa shape index (κ3) is 5.48. The summed E-state index contributed by atoms with van der Waals surface area (Å²) in [6, 6.07) is 10.2. The number of amides is 1. The lowest BCUT2D eigenvalue weighted by atomic mass is 10.2. The zero-order valence-electron chi connectivity index (χ0n) is 18.7. The number of nitrogens with one attached hydrogen (secondary N) is 1. The number of anilines is 1. The number of hydrogen-bond donors (Lipinski definition) is 2. The van der Waals surface area contributed by atoms with Crippen molar-refractivity contribution in [3.63, 3.8) is 0 Å². The summed E-state index contributed by atoms with van der Waals surface area (Å²) in [5.41, 5.74) is -0.0886. The van der Waals surface area contributed by atoms with E-state index in [0.29, 0.717) is 5.56 Å². The summed E-state index contributed by atoms with van der Waals surface area (Å²) in [7, 11) is -1.98. The van der Waals surface area contributed by atoms with E-state index in [-0.39, 0.29) is 29.8 Å². The molecule has 1 aliphatic rings. The van der Waals surface area contributed by atoms with Gasteiger partial charge in [0.1, 0.15) is 18.1 Å². The van der Waals surface area contributed by atoms with Crippen LogP contribution in [0.1, 0.15) is 43.8 Å². The Balaban J connectivity index is 1.64. The number of ether oxygens (including phenoxy) is 1. The quantitative estimate of drug-likeness (QED) is 0.662. The van der Waals surface area contributed by atoms with Gasteiger partial charge in [0.25, 0.3) is 5.91 Å². The van der Waals surface area contributed by atoms with E-state index in [1.54, 1.807) is 24.3 Å². The predicted molar refractivity (Wildman–Crippen MR) is 121 cm³/mol. The maximum absolute atomic E-state index is 12.5. The Kier molecular flexibility index (Phi) is 6.80. The first-order valence-electron chi connectivity index (χ1n) is 10.4. The normalized spacial score (nSPS) is 21.8. The van der Waals surface area contributed by atoms with E-state index in [2.05, 4.69) is 44.2 Å². The van der Waals surface area contributed by atoms with Crippen molar-refractivity contribution in [3.8, 4) is 0 Å². The minimum absolute atomic E-state index is 0.0524. The summed E-state index contributed by atoms with van der Waals surface area (Å²) in [6.45, 7) is 11.0. The third-order valence-corrected chi connectivity index (χ3v) is 10.5. The van der Waals surface area contributed by atoms with Gasteiger partial charge in [0.2, 0.25) is 0 Å². The van der Waals surface area contributed by atoms with E-state index in [1.807, 2.05) is 6.07 Å². The molecule has 2 N–H and O–H groups in total. The fourth-order valence-corrected chi connectivity index (χ4v) is 4.04. The standard InChI is InChI=1S/C22H31N3O5Si/c1-22(2,3)31(4,5)29-14-17-16(26)13-19(30-17)25-12-11-18(24-21(25)28)23-20(27)15-9-7-6-8-10-15/h6-12,16-17,19,26H,13-14H2,1-5H3,(H,23,24,27,28)/t16-,17?,19-/m1/s1. The molecule has 0 spiro atoms. The molecule has 2 aromatic rings. The molecule has 0 radical (unpaired) electrons. The molecule has 1 amide bonds. The van der Waals surface area contributed by atoms with Gasteiger partial charge < -0.3 is 19.6 Å². The molecule has 168 valence electrons. The smallest absolute Gasteiger partial charge is 0.351 e. The summed E-state index contributed by atoms with van der Waals surface area (Å²) in [6.07, 6.45) is -0.0998. The second-order valence-corrected chi connectivity index (χ2v) is 14.1. The first-order valence-corrected chi connectivity index (χ1v) is 13.3. The average molecular weight is 446 g/mol. The van der Waals surface area contributed by atoms with Crippen LogP contribution in [0.5, 0.6) is 0 Å². The van der Waals surface area contributed by atoms with Gasteiger partial charge in [-0.05, 0) is 36.3 Å². The fraction of sp³-hybridized carbons (Fsp3) is 0.500. The highest BCUT2D eigenvalue weighted by atomic mass is 28.4. The number of aliphatic hydroxyl groups excluding tert-OH is 1. The molecule has 1 aliphatic heterocycles. The lowest BCUT2D eigenvalue weighted by molar-refractivity contribution is -0.0432. The lowest BCUT2D eigenvalue weighted by Gasteiger charge is -2.37. The van der Waals surface area contributed by atoms with Gasteiger partial charge in [-0.2, -0.15) is 4.98 Å². The SMILES string of the molecule is CC(C)(C)[Si](C)(C)OCC1O[C@@H](n2ccc(NC(=O)c3ccccc3)nc2=O)C[C@H]1O. The van der Waals surface area contributed by atoms with Crippen molar-refractivity contribution < 1.29 is 19.1 Å². The second-order valence-electron chi connectivity index (χ2n) is 9.33. The van der Waals surface area contributed by atoms with E-state index in [1.165, 1.54) is 16.8 Å². The van der Waals surface area contributed by atoms with Gasteiger partial charge in [-0.15, -0.1) is 0 Å². The van der Waals surface area contributed by atoms with Gasteiger partial charge in [0, 0.05) is 18.2 Å². The lowest BCUT2D eigenvalue weighted by Crippen LogP contribution is -2.43. The molecule has 9 heteroatoms. The molecule has 31 heavy (non-hydrogen) atoms. The molecule has 2 heterocycles. The van der Waals surface area contributed by atoms with E-state index in [0.717, 1.165) is 0 Å². The van der Waals surface area contributed by atoms with E-state index >= 15 is 0 Å². The minimum atomic E-state index is -1.98. The van der Waals surface area contributed by atoms with E-state index in [4.69, 9.17) is 9.16 Å². The largest absolute Gasteiger partial charge is 0.414 e. The summed E-state index contributed by atoms with van der Waals surface area (Å²) >= 11 is 0. The van der Waals surface area contributed by atoms with Crippen LogP contribution in [0.3, 0.4) is 0 Å². The molecule has 0 saturated carbocycles. The average Bonchev–Trinajstić information content (AvgIpc) is 3.06. The maximum atomic E-state index is 12.5. The molecule has 8 nitrogen and oxygen atoms in total. The van der Waals surface area contributed by atoms with Gasteiger partial charge >= 0.3 is 5.69 Å². The van der Waals surface area contributed by atoms with Gasteiger partial charge in [0.15, 0.2) is 8.32 Å². The van der Waals surface area contributed by atoms with Crippen LogP contribution < -0.4 is 11.0 Å². The van der Waals surface area contributed by atoms with Crippen LogP contribution in [0.25, 0.3) is 0 Å². The highest BCUT2D eigenvalue weighted by Gasteiger charge is 2.41. The van der Waals surface area contributed by atoms with Crippen molar-refractivity contribution in [2.45, 2.75) is 63.8 Å². The number of carbonyl (C=O) groups excluding carboxylic acids is 1. The van der Waals surface area contributed by atoms with Gasteiger partial charge in [-0.25, -0.2) is 4.79 Å². The highest BCUT2D eigenvalue weighted by Crippen LogP contribution is 2.37. The number of aliphatic hydroxyl groups is 1. The highest BCUT2D eigenvalue weighted by molar-refractivity contribution is 6.74. The predicted octanol–water partition coefficient (Wildman–Crippen LogP) is 3.17. The molecule has 0 aliphatic carbocycles. The third-order valence-electron chi connectivity index (χ3n) is 6.04. The van der Waals surface area contributed by atoms with Crippen molar-refractivity contribution >= 4 is 20.0 Å². The number of carbonyl (C=O) groups is 1. The van der Waals surface area contributed by atoms with Crippen molar-refractivity contribution in [1.29, 1.82) is 0 Å². The van der Waals surface area contributed by atoms with Crippen LogP contribution >= 0.6 is 0 Å². The molecular formula is C22H31N3O5Si. The molecule has 3 rings (SSSR count). The first-order chi connectivity index (χ1) is 14.5. The topological polar surface area (TPSA) is 103 Å². The van der Waals surface area contributed by atoms with Crippen LogP contribution in [0.15, 0.2) is 47.4 Å². The van der Waals surface area contributed by atoms with Crippen LogP contribution in [-0.2, 0) is 9.16 Å². The summed E-state index contributed by atoms with van der Waals surface area (Å²) in [4.78, 5) is 28.7. The Morgan fingerprint density at radius 3 is 2.58 bits per heavy atom. The number of hydrogen-bond acceptors (Lipinski definition) is 6. The Labute approximate surface area is 183 Å².